The molecule has 1 fully saturated rings. The fraction of sp³-hybridized carbons (Fsp3) is 0.429. The van der Waals surface area contributed by atoms with Crippen molar-refractivity contribution in [2.45, 2.75) is 19.8 Å². The molecule has 1 aromatic carbocycles. The third-order valence-corrected chi connectivity index (χ3v) is 3.07. The van der Waals surface area contributed by atoms with Gasteiger partial charge in [0.05, 0.1) is 17.8 Å². The van der Waals surface area contributed by atoms with E-state index in [9.17, 15) is 4.79 Å². The van der Waals surface area contributed by atoms with Crippen LogP contribution in [-0.4, -0.2) is 19.0 Å². The summed E-state index contributed by atoms with van der Waals surface area (Å²) in [6.45, 7) is 3.07. The zero-order valence-electron chi connectivity index (χ0n) is 10.5. The molecule has 1 aliphatic rings. The van der Waals surface area contributed by atoms with E-state index in [-0.39, 0.29) is 5.91 Å². The Kier molecular flexibility index (Phi) is 3.96. The molecular formula is C14H17N3O. The third-order valence-electron chi connectivity index (χ3n) is 3.07. The van der Waals surface area contributed by atoms with E-state index < -0.39 is 0 Å². The molecule has 0 aromatic heterocycles. The van der Waals surface area contributed by atoms with Crippen LogP contribution in [0.2, 0.25) is 0 Å². The molecule has 0 heterocycles. The Balaban J connectivity index is 1.89. The van der Waals surface area contributed by atoms with Crippen molar-refractivity contribution in [2.24, 2.45) is 5.92 Å². The minimum Gasteiger partial charge on any atom is -0.324 e. The fourth-order valence-corrected chi connectivity index (χ4v) is 1.83. The monoisotopic (exact) mass is 243 g/mol. The van der Waals surface area contributed by atoms with E-state index in [0.29, 0.717) is 17.8 Å². The van der Waals surface area contributed by atoms with Crippen molar-refractivity contribution in [3.63, 3.8) is 0 Å². The van der Waals surface area contributed by atoms with Crippen molar-refractivity contribution in [1.29, 1.82) is 5.26 Å². The largest absolute Gasteiger partial charge is 0.324 e. The van der Waals surface area contributed by atoms with E-state index in [1.165, 1.54) is 12.8 Å². The van der Waals surface area contributed by atoms with Crippen molar-refractivity contribution in [3.8, 4) is 6.07 Å². The number of anilines is 1. The lowest BCUT2D eigenvalue weighted by atomic mass is 10.1. The summed E-state index contributed by atoms with van der Waals surface area (Å²) in [5, 5.41) is 14.9. The Morgan fingerprint density at radius 3 is 2.94 bits per heavy atom. The van der Waals surface area contributed by atoms with Crippen LogP contribution in [0.25, 0.3) is 0 Å². The van der Waals surface area contributed by atoms with Crippen LogP contribution in [-0.2, 0) is 4.79 Å². The van der Waals surface area contributed by atoms with E-state index in [0.717, 1.165) is 18.0 Å². The van der Waals surface area contributed by atoms with Gasteiger partial charge >= 0.3 is 0 Å². The first-order chi connectivity index (χ1) is 8.70. The molecule has 0 radical (unpaired) electrons. The van der Waals surface area contributed by atoms with Crippen molar-refractivity contribution < 1.29 is 4.79 Å². The second kappa shape index (κ2) is 5.65. The van der Waals surface area contributed by atoms with Gasteiger partial charge in [-0.1, -0.05) is 12.1 Å². The number of hydrogen-bond acceptors (Lipinski definition) is 3. The summed E-state index contributed by atoms with van der Waals surface area (Å²) in [5.74, 6) is 0.657. The molecule has 1 amide bonds. The molecule has 94 valence electrons. The molecular weight excluding hydrogens is 226 g/mol. The van der Waals surface area contributed by atoms with E-state index in [2.05, 4.69) is 16.7 Å². The molecule has 4 heteroatoms. The van der Waals surface area contributed by atoms with Gasteiger partial charge in [0.15, 0.2) is 0 Å². The highest BCUT2D eigenvalue weighted by atomic mass is 16.1. The Morgan fingerprint density at radius 2 is 2.28 bits per heavy atom. The molecule has 0 bridgehead atoms. The maximum Gasteiger partial charge on any atom is 0.238 e. The zero-order chi connectivity index (χ0) is 13.0. The van der Waals surface area contributed by atoms with Crippen LogP contribution in [0.3, 0.4) is 0 Å². The minimum atomic E-state index is -0.0993. The molecule has 1 aromatic rings. The number of aryl methyl sites for hydroxylation is 1. The first-order valence-electron chi connectivity index (χ1n) is 6.21. The summed E-state index contributed by atoms with van der Waals surface area (Å²) in [4.78, 5) is 11.7. The average Bonchev–Trinajstić information content (AvgIpc) is 3.13. The van der Waals surface area contributed by atoms with Crippen LogP contribution in [0.1, 0.15) is 24.0 Å². The highest BCUT2D eigenvalue weighted by Crippen LogP contribution is 2.27. The van der Waals surface area contributed by atoms with Crippen LogP contribution in [0.5, 0.6) is 0 Å². The quantitative estimate of drug-likeness (QED) is 0.828. The Morgan fingerprint density at radius 1 is 1.50 bits per heavy atom. The molecule has 18 heavy (non-hydrogen) atoms. The first kappa shape index (κ1) is 12.6. The molecule has 2 rings (SSSR count). The number of benzene rings is 1. The lowest BCUT2D eigenvalue weighted by Gasteiger charge is -2.09. The molecule has 0 aliphatic heterocycles. The van der Waals surface area contributed by atoms with Crippen molar-refractivity contribution in [2.75, 3.05) is 18.4 Å². The van der Waals surface area contributed by atoms with Crippen LogP contribution in [0.15, 0.2) is 18.2 Å². The molecule has 0 unspecified atom stereocenters. The van der Waals surface area contributed by atoms with Gasteiger partial charge in [-0.05, 0) is 43.9 Å². The SMILES string of the molecule is Cc1cccc(NC(=O)CNCC2CC2)c1C#N. The number of carbonyl (C=O) groups excluding carboxylic acids is 1. The smallest absolute Gasteiger partial charge is 0.238 e. The van der Waals surface area contributed by atoms with Gasteiger partial charge in [-0.25, -0.2) is 0 Å². The highest BCUT2D eigenvalue weighted by Gasteiger charge is 2.20. The van der Waals surface area contributed by atoms with Crippen molar-refractivity contribution >= 4 is 11.6 Å². The summed E-state index contributed by atoms with van der Waals surface area (Å²) in [6, 6.07) is 7.57. The molecule has 1 aliphatic carbocycles. The molecule has 4 nitrogen and oxygen atoms in total. The van der Waals surface area contributed by atoms with E-state index in [4.69, 9.17) is 5.26 Å². The summed E-state index contributed by atoms with van der Waals surface area (Å²) in [7, 11) is 0. The third kappa shape index (κ3) is 3.31. The van der Waals surface area contributed by atoms with E-state index >= 15 is 0 Å². The number of hydrogen-bond donors (Lipinski definition) is 2. The van der Waals surface area contributed by atoms with Gasteiger partial charge in [0.1, 0.15) is 6.07 Å². The van der Waals surface area contributed by atoms with Gasteiger partial charge < -0.3 is 10.6 Å². The molecule has 0 saturated heterocycles. The minimum absolute atomic E-state index is 0.0993. The van der Waals surface area contributed by atoms with Gasteiger partial charge in [0.2, 0.25) is 5.91 Å². The van der Waals surface area contributed by atoms with Crippen LogP contribution < -0.4 is 10.6 Å². The number of nitriles is 1. The maximum atomic E-state index is 11.7. The number of rotatable bonds is 5. The Hall–Kier alpha value is -1.86. The molecule has 0 atom stereocenters. The topological polar surface area (TPSA) is 64.9 Å². The van der Waals surface area contributed by atoms with Gasteiger partial charge in [0, 0.05) is 0 Å². The average molecular weight is 243 g/mol. The first-order valence-corrected chi connectivity index (χ1v) is 6.21. The second-order valence-corrected chi connectivity index (χ2v) is 4.73. The zero-order valence-corrected chi connectivity index (χ0v) is 10.5. The van der Waals surface area contributed by atoms with Gasteiger partial charge in [-0.15, -0.1) is 0 Å². The Bertz CT molecular complexity index is 486. The lowest BCUT2D eigenvalue weighted by molar-refractivity contribution is -0.115. The molecule has 0 spiro atoms. The molecule has 2 N–H and O–H groups in total. The van der Waals surface area contributed by atoms with Crippen LogP contribution >= 0.6 is 0 Å². The number of carbonyl (C=O) groups is 1. The normalized spacial score (nSPS) is 14.0. The van der Waals surface area contributed by atoms with E-state index in [1.54, 1.807) is 6.07 Å². The summed E-state index contributed by atoms with van der Waals surface area (Å²) in [5.41, 5.74) is 2.00. The Labute approximate surface area is 107 Å². The highest BCUT2D eigenvalue weighted by molar-refractivity contribution is 5.93. The summed E-state index contributed by atoms with van der Waals surface area (Å²) >= 11 is 0. The summed E-state index contributed by atoms with van der Waals surface area (Å²) in [6.07, 6.45) is 2.54. The molecule has 1 saturated carbocycles. The van der Waals surface area contributed by atoms with Crippen molar-refractivity contribution in [3.05, 3.63) is 29.3 Å². The van der Waals surface area contributed by atoms with Gasteiger partial charge in [-0.3, -0.25) is 4.79 Å². The van der Waals surface area contributed by atoms with Gasteiger partial charge in [0.25, 0.3) is 0 Å². The number of nitrogens with zero attached hydrogens (tertiary/aromatic N) is 1. The standard InChI is InChI=1S/C14H17N3O/c1-10-3-2-4-13(12(10)7-15)17-14(18)9-16-8-11-5-6-11/h2-4,11,16H,5-6,8-9H2,1H3,(H,17,18). The van der Waals surface area contributed by atoms with Gasteiger partial charge in [-0.2, -0.15) is 5.26 Å². The van der Waals surface area contributed by atoms with Crippen LogP contribution in [0, 0.1) is 24.2 Å². The van der Waals surface area contributed by atoms with E-state index in [1.807, 2.05) is 19.1 Å². The second-order valence-electron chi connectivity index (χ2n) is 4.73. The predicted octanol–water partition coefficient (Wildman–Crippen LogP) is 1.80. The summed E-state index contributed by atoms with van der Waals surface area (Å²) < 4.78 is 0. The van der Waals surface area contributed by atoms with Crippen molar-refractivity contribution in [1.82, 2.24) is 5.32 Å². The number of nitrogens with one attached hydrogen (secondary N) is 2. The fourth-order valence-electron chi connectivity index (χ4n) is 1.83. The van der Waals surface area contributed by atoms with Crippen LogP contribution in [0.4, 0.5) is 5.69 Å². The lowest BCUT2D eigenvalue weighted by Crippen LogP contribution is -2.29. The predicted molar refractivity (Wildman–Crippen MR) is 70.1 cm³/mol. The maximum absolute atomic E-state index is 11.7. The number of amides is 1.